The van der Waals surface area contributed by atoms with E-state index in [1.807, 2.05) is 0 Å². The SMILES string of the molecule is CCCC[C@H](C)CCC[C@@H](C)COC1CCCCO1. The molecule has 0 N–H and O–H groups in total. The maximum atomic E-state index is 5.84. The molecule has 1 aliphatic rings. The molecule has 0 saturated carbocycles. The van der Waals surface area contributed by atoms with Crippen LogP contribution in [0.15, 0.2) is 0 Å². The van der Waals surface area contributed by atoms with Gasteiger partial charge in [0, 0.05) is 6.61 Å². The highest BCUT2D eigenvalue weighted by molar-refractivity contribution is 4.59. The van der Waals surface area contributed by atoms with Crippen molar-refractivity contribution in [2.24, 2.45) is 11.8 Å². The summed E-state index contributed by atoms with van der Waals surface area (Å²) in [6, 6.07) is 0. The second kappa shape index (κ2) is 10.7. The number of unbranched alkanes of at least 4 members (excludes halogenated alkanes) is 1. The van der Waals surface area contributed by atoms with Crippen molar-refractivity contribution in [3.63, 3.8) is 0 Å². The Balaban J connectivity index is 1.96. The fourth-order valence-electron chi connectivity index (χ4n) is 2.71. The highest BCUT2D eigenvalue weighted by Gasteiger charge is 2.15. The second-order valence-electron chi connectivity index (χ2n) is 6.41. The molecule has 0 spiro atoms. The van der Waals surface area contributed by atoms with E-state index in [0.29, 0.717) is 5.92 Å². The van der Waals surface area contributed by atoms with Gasteiger partial charge in [0.05, 0.1) is 6.61 Å². The largest absolute Gasteiger partial charge is 0.353 e. The Morgan fingerprint density at radius 1 is 1.05 bits per heavy atom. The second-order valence-corrected chi connectivity index (χ2v) is 6.41. The summed E-state index contributed by atoms with van der Waals surface area (Å²) in [6.45, 7) is 8.73. The van der Waals surface area contributed by atoms with Crippen molar-refractivity contribution in [1.29, 1.82) is 0 Å². The third kappa shape index (κ3) is 8.65. The summed E-state index contributed by atoms with van der Waals surface area (Å²) in [6.07, 6.45) is 11.8. The Labute approximate surface area is 120 Å². The molecule has 1 saturated heterocycles. The maximum absolute atomic E-state index is 5.84. The molecule has 1 aliphatic heterocycles. The van der Waals surface area contributed by atoms with Gasteiger partial charge in [0.2, 0.25) is 0 Å². The summed E-state index contributed by atoms with van der Waals surface area (Å²) in [5.74, 6) is 1.57. The molecule has 19 heavy (non-hydrogen) atoms. The van der Waals surface area contributed by atoms with Crippen LogP contribution < -0.4 is 0 Å². The molecule has 2 nitrogen and oxygen atoms in total. The molecule has 1 heterocycles. The molecule has 0 aromatic rings. The van der Waals surface area contributed by atoms with Crippen molar-refractivity contribution >= 4 is 0 Å². The van der Waals surface area contributed by atoms with Crippen molar-refractivity contribution < 1.29 is 9.47 Å². The molecule has 1 rings (SSSR count). The summed E-state index contributed by atoms with van der Waals surface area (Å²) in [5.41, 5.74) is 0. The van der Waals surface area contributed by atoms with Gasteiger partial charge in [-0.3, -0.25) is 0 Å². The van der Waals surface area contributed by atoms with Gasteiger partial charge in [-0.05, 0) is 37.5 Å². The Morgan fingerprint density at radius 3 is 2.47 bits per heavy atom. The van der Waals surface area contributed by atoms with Gasteiger partial charge < -0.3 is 9.47 Å². The molecule has 0 radical (unpaired) electrons. The predicted octanol–water partition coefficient (Wildman–Crippen LogP) is 5.16. The molecule has 1 fully saturated rings. The first kappa shape index (κ1) is 17.0. The monoisotopic (exact) mass is 270 g/mol. The minimum absolute atomic E-state index is 0.0830. The molecule has 0 aromatic heterocycles. The fraction of sp³-hybridized carbons (Fsp3) is 1.00. The van der Waals surface area contributed by atoms with Gasteiger partial charge in [0.1, 0.15) is 0 Å². The molecule has 0 aliphatic carbocycles. The van der Waals surface area contributed by atoms with Gasteiger partial charge in [-0.1, -0.05) is 52.9 Å². The van der Waals surface area contributed by atoms with E-state index in [1.54, 1.807) is 0 Å². The Hall–Kier alpha value is -0.0800. The molecule has 114 valence electrons. The third-order valence-electron chi connectivity index (χ3n) is 4.15. The molecular formula is C17H34O2. The maximum Gasteiger partial charge on any atom is 0.157 e. The van der Waals surface area contributed by atoms with Gasteiger partial charge in [0.15, 0.2) is 6.29 Å². The van der Waals surface area contributed by atoms with E-state index in [-0.39, 0.29) is 6.29 Å². The predicted molar refractivity (Wildman–Crippen MR) is 81.2 cm³/mol. The van der Waals surface area contributed by atoms with E-state index in [4.69, 9.17) is 9.47 Å². The van der Waals surface area contributed by atoms with E-state index in [2.05, 4.69) is 20.8 Å². The summed E-state index contributed by atoms with van der Waals surface area (Å²) in [5, 5.41) is 0. The van der Waals surface area contributed by atoms with Crippen molar-refractivity contribution in [1.82, 2.24) is 0 Å². The summed E-state index contributed by atoms with van der Waals surface area (Å²) in [7, 11) is 0. The van der Waals surface area contributed by atoms with Crippen LogP contribution in [0.4, 0.5) is 0 Å². The average Bonchev–Trinajstić information content (AvgIpc) is 2.44. The zero-order valence-corrected chi connectivity index (χ0v) is 13.3. The standard InChI is InChI=1S/C17H34O2/c1-4-5-9-15(2)10-8-11-16(3)14-19-17-12-6-7-13-18-17/h15-17H,4-14H2,1-3H3/t15-,16+,17?/m0/s1. The zero-order valence-electron chi connectivity index (χ0n) is 13.3. The number of hydrogen-bond acceptors (Lipinski definition) is 2. The van der Waals surface area contributed by atoms with Crippen molar-refractivity contribution in [2.45, 2.75) is 84.8 Å². The van der Waals surface area contributed by atoms with Crippen LogP contribution >= 0.6 is 0 Å². The van der Waals surface area contributed by atoms with Crippen LogP contribution in [-0.4, -0.2) is 19.5 Å². The smallest absolute Gasteiger partial charge is 0.157 e. The van der Waals surface area contributed by atoms with E-state index < -0.39 is 0 Å². The summed E-state index contributed by atoms with van der Waals surface area (Å²) >= 11 is 0. The highest BCUT2D eigenvalue weighted by Crippen LogP contribution is 2.19. The average molecular weight is 270 g/mol. The lowest BCUT2D eigenvalue weighted by atomic mass is 9.95. The first-order valence-corrected chi connectivity index (χ1v) is 8.45. The highest BCUT2D eigenvalue weighted by atomic mass is 16.7. The van der Waals surface area contributed by atoms with Crippen LogP contribution in [0, 0.1) is 11.8 Å². The molecule has 0 bridgehead atoms. The molecule has 1 unspecified atom stereocenters. The first-order chi connectivity index (χ1) is 9.22. The third-order valence-corrected chi connectivity index (χ3v) is 4.15. The summed E-state index contributed by atoms with van der Waals surface area (Å²) < 4.78 is 11.4. The van der Waals surface area contributed by atoms with Crippen molar-refractivity contribution in [3.05, 3.63) is 0 Å². The van der Waals surface area contributed by atoms with Gasteiger partial charge in [-0.25, -0.2) is 0 Å². The number of rotatable bonds is 10. The van der Waals surface area contributed by atoms with E-state index in [0.717, 1.165) is 25.6 Å². The van der Waals surface area contributed by atoms with Crippen LogP contribution in [0.25, 0.3) is 0 Å². The molecular weight excluding hydrogens is 236 g/mol. The van der Waals surface area contributed by atoms with Crippen molar-refractivity contribution in [2.75, 3.05) is 13.2 Å². The van der Waals surface area contributed by atoms with Gasteiger partial charge in [-0.15, -0.1) is 0 Å². The number of hydrogen-bond donors (Lipinski definition) is 0. The van der Waals surface area contributed by atoms with E-state index >= 15 is 0 Å². The van der Waals surface area contributed by atoms with Gasteiger partial charge in [0.25, 0.3) is 0 Å². The topological polar surface area (TPSA) is 18.5 Å². The lowest BCUT2D eigenvalue weighted by Crippen LogP contribution is -2.24. The zero-order chi connectivity index (χ0) is 13.9. The molecule has 0 amide bonds. The number of ether oxygens (including phenoxy) is 2. The van der Waals surface area contributed by atoms with Crippen LogP contribution in [0.2, 0.25) is 0 Å². The van der Waals surface area contributed by atoms with Crippen LogP contribution in [-0.2, 0) is 9.47 Å². The Kier molecular flexibility index (Phi) is 9.54. The lowest BCUT2D eigenvalue weighted by Gasteiger charge is -2.24. The van der Waals surface area contributed by atoms with Crippen LogP contribution in [0.5, 0.6) is 0 Å². The lowest BCUT2D eigenvalue weighted by molar-refractivity contribution is -0.168. The molecule has 3 atom stereocenters. The van der Waals surface area contributed by atoms with Gasteiger partial charge in [-0.2, -0.15) is 0 Å². The van der Waals surface area contributed by atoms with E-state index in [9.17, 15) is 0 Å². The minimum Gasteiger partial charge on any atom is -0.353 e. The first-order valence-electron chi connectivity index (χ1n) is 8.45. The quantitative estimate of drug-likeness (QED) is 0.545. The molecule has 0 aromatic carbocycles. The van der Waals surface area contributed by atoms with Gasteiger partial charge >= 0.3 is 0 Å². The Morgan fingerprint density at radius 2 is 1.79 bits per heavy atom. The van der Waals surface area contributed by atoms with Crippen molar-refractivity contribution in [3.8, 4) is 0 Å². The normalized spacial score (nSPS) is 23.2. The van der Waals surface area contributed by atoms with Crippen LogP contribution in [0.3, 0.4) is 0 Å². The molecule has 2 heteroatoms. The minimum atomic E-state index is 0.0830. The summed E-state index contributed by atoms with van der Waals surface area (Å²) in [4.78, 5) is 0. The van der Waals surface area contributed by atoms with E-state index in [1.165, 1.54) is 51.4 Å². The fourth-order valence-corrected chi connectivity index (χ4v) is 2.71. The Bertz CT molecular complexity index is 199. The van der Waals surface area contributed by atoms with Crippen LogP contribution in [0.1, 0.15) is 78.6 Å².